The molecule has 0 fully saturated rings. The molecule has 0 saturated carbocycles. The second-order valence-corrected chi connectivity index (χ2v) is 4.03. The summed E-state index contributed by atoms with van der Waals surface area (Å²) < 4.78 is 0. The summed E-state index contributed by atoms with van der Waals surface area (Å²) in [6.07, 6.45) is -0.166. The molecule has 7 nitrogen and oxygen atoms in total. The molecule has 1 aromatic heterocycles. The third-order valence-electron chi connectivity index (χ3n) is 2.40. The first-order valence-corrected chi connectivity index (χ1v) is 5.66. The fraction of sp³-hybridized carbons (Fsp3) is 0.333. The van der Waals surface area contributed by atoms with Gasteiger partial charge in [-0.15, -0.1) is 0 Å². The number of nitrogens with two attached hydrogens (primary N) is 1. The van der Waals surface area contributed by atoms with Gasteiger partial charge in [-0.3, -0.25) is 9.59 Å². The Hall–Kier alpha value is -2.44. The minimum Gasteiger partial charge on any atom is -0.480 e. The molecule has 19 heavy (non-hydrogen) atoms. The van der Waals surface area contributed by atoms with Crippen LogP contribution in [-0.2, 0) is 9.59 Å². The first-order valence-electron chi connectivity index (χ1n) is 5.66. The Balaban J connectivity index is 2.71. The van der Waals surface area contributed by atoms with Crippen LogP contribution in [0.3, 0.4) is 0 Å². The quantitative estimate of drug-likeness (QED) is 0.659. The lowest BCUT2D eigenvalue weighted by atomic mass is 10.1. The maximum atomic E-state index is 11.8. The van der Waals surface area contributed by atoms with Crippen molar-refractivity contribution in [3.8, 4) is 0 Å². The normalized spacial score (nSPS) is 11.6. The molecule has 0 bridgehead atoms. The monoisotopic (exact) mass is 265 g/mol. The number of carbonyl (C=O) groups is 3. The predicted octanol–water partition coefficient (Wildman–Crippen LogP) is -0.161. The molecule has 102 valence electrons. The van der Waals surface area contributed by atoms with E-state index >= 15 is 0 Å². The number of primary amides is 1. The summed E-state index contributed by atoms with van der Waals surface area (Å²) >= 11 is 0. The molecular formula is C12H15N3O4. The average molecular weight is 265 g/mol. The first-order chi connectivity index (χ1) is 8.90. The van der Waals surface area contributed by atoms with E-state index < -0.39 is 23.8 Å². The van der Waals surface area contributed by atoms with E-state index in [4.69, 9.17) is 10.8 Å². The number of aryl methyl sites for hydroxylation is 1. The molecule has 2 amide bonds. The van der Waals surface area contributed by atoms with E-state index in [0.717, 1.165) is 0 Å². The van der Waals surface area contributed by atoms with Crippen LogP contribution in [0.1, 0.15) is 29.0 Å². The number of carbonyl (C=O) groups excluding carboxylic acids is 2. The van der Waals surface area contributed by atoms with Gasteiger partial charge in [-0.2, -0.15) is 0 Å². The van der Waals surface area contributed by atoms with Crippen molar-refractivity contribution in [1.82, 2.24) is 10.3 Å². The van der Waals surface area contributed by atoms with E-state index in [1.54, 1.807) is 19.1 Å². The highest BCUT2D eigenvalue weighted by Crippen LogP contribution is 2.02. The number of carboxylic acids is 1. The number of hydrogen-bond donors (Lipinski definition) is 3. The fourth-order valence-corrected chi connectivity index (χ4v) is 1.45. The van der Waals surface area contributed by atoms with Crippen molar-refractivity contribution in [2.75, 3.05) is 0 Å². The van der Waals surface area contributed by atoms with Crippen molar-refractivity contribution in [1.29, 1.82) is 0 Å². The second-order valence-electron chi connectivity index (χ2n) is 4.03. The maximum absolute atomic E-state index is 11.8. The minimum absolute atomic E-state index is 0.0534. The summed E-state index contributed by atoms with van der Waals surface area (Å²) in [4.78, 5) is 37.4. The largest absolute Gasteiger partial charge is 0.480 e. The highest BCUT2D eigenvalue weighted by molar-refractivity contribution is 5.95. The molecule has 0 aliphatic rings. The number of amides is 2. The van der Waals surface area contributed by atoms with Crippen LogP contribution in [0, 0.1) is 6.92 Å². The Morgan fingerprint density at radius 3 is 2.63 bits per heavy atom. The first kappa shape index (κ1) is 14.6. The van der Waals surface area contributed by atoms with E-state index in [2.05, 4.69) is 10.3 Å². The molecule has 1 aromatic rings. The summed E-state index contributed by atoms with van der Waals surface area (Å²) in [5, 5.41) is 11.3. The Morgan fingerprint density at radius 2 is 2.11 bits per heavy atom. The summed E-state index contributed by atoms with van der Waals surface area (Å²) in [7, 11) is 0. The Morgan fingerprint density at radius 1 is 1.42 bits per heavy atom. The molecule has 1 rings (SSSR count). The van der Waals surface area contributed by atoms with Crippen LogP contribution in [0.5, 0.6) is 0 Å². The number of rotatable bonds is 6. The smallest absolute Gasteiger partial charge is 0.326 e. The Bertz CT molecular complexity index is 502. The van der Waals surface area contributed by atoms with Crippen LogP contribution in [-0.4, -0.2) is 33.9 Å². The van der Waals surface area contributed by atoms with Crippen LogP contribution in [0.25, 0.3) is 0 Å². The molecule has 0 aliphatic carbocycles. The van der Waals surface area contributed by atoms with Gasteiger partial charge in [0.15, 0.2) is 0 Å². The summed E-state index contributed by atoms with van der Waals surface area (Å²) in [6, 6.07) is 3.69. The third kappa shape index (κ3) is 4.74. The Labute approximate surface area is 109 Å². The number of hydrogen-bond acceptors (Lipinski definition) is 4. The molecule has 1 atom stereocenters. The molecule has 0 aromatic carbocycles. The zero-order valence-electron chi connectivity index (χ0n) is 10.4. The van der Waals surface area contributed by atoms with E-state index in [-0.39, 0.29) is 18.5 Å². The van der Waals surface area contributed by atoms with Gasteiger partial charge in [0, 0.05) is 12.1 Å². The number of nitrogens with one attached hydrogen (secondary N) is 1. The van der Waals surface area contributed by atoms with Crippen molar-refractivity contribution in [3.63, 3.8) is 0 Å². The SMILES string of the molecule is Cc1cccc(C(=O)NC(CCC(N)=O)C(=O)O)n1. The molecule has 1 heterocycles. The second kappa shape index (κ2) is 6.48. The van der Waals surface area contributed by atoms with Gasteiger partial charge in [0.05, 0.1) is 0 Å². The van der Waals surface area contributed by atoms with Crippen LogP contribution in [0.15, 0.2) is 18.2 Å². The predicted molar refractivity (Wildman–Crippen MR) is 66.3 cm³/mol. The molecule has 0 spiro atoms. The summed E-state index contributed by atoms with van der Waals surface area (Å²) in [5.74, 6) is -2.43. The molecule has 0 radical (unpaired) electrons. The van der Waals surface area contributed by atoms with Crippen molar-refractivity contribution >= 4 is 17.8 Å². The van der Waals surface area contributed by atoms with E-state index in [0.29, 0.717) is 5.69 Å². The maximum Gasteiger partial charge on any atom is 0.326 e. The summed E-state index contributed by atoms with van der Waals surface area (Å²) in [6.45, 7) is 1.72. The van der Waals surface area contributed by atoms with Crippen LogP contribution >= 0.6 is 0 Å². The number of aromatic nitrogens is 1. The number of aliphatic carboxylic acids is 1. The zero-order valence-corrected chi connectivity index (χ0v) is 10.4. The van der Waals surface area contributed by atoms with Gasteiger partial charge < -0.3 is 16.2 Å². The van der Waals surface area contributed by atoms with Crippen LogP contribution in [0.4, 0.5) is 0 Å². The van der Waals surface area contributed by atoms with Crippen molar-refractivity contribution in [3.05, 3.63) is 29.6 Å². The molecular weight excluding hydrogens is 250 g/mol. The number of pyridine rings is 1. The lowest BCUT2D eigenvalue weighted by molar-refractivity contribution is -0.139. The third-order valence-corrected chi connectivity index (χ3v) is 2.40. The standard InChI is InChI=1S/C12H15N3O4/c1-7-3-2-4-8(14-7)11(17)15-9(12(18)19)5-6-10(13)16/h2-4,9H,5-6H2,1H3,(H2,13,16)(H,15,17)(H,18,19). The van der Waals surface area contributed by atoms with Gasteiger partial charge in [-0.25, -0.2) is 9.78 Å². The fourth-order valence-electron chi connectivity index (χ4n) is 1.45. The van der Waals surface area contributed by atoms with Crippen molar-refractivity contribution in [2.45, 2.75) is 25.8 Å². The average Bonchev–Trinajstić information content (AvgIpc) is 2.33. The summed E-state index contributed by atoms with van der Waals surface area (Å²) in [5.41, 5.74) is 5.73. The van der Waals surface area contributed by atoms with Crippen molar-refractivity contribution in [2.24, 2.45) is 5.73 Å². The number of carboxylic acid groups (broad SMARTS) is 1. The van der Waals surface area contributed by atoms with Crippen LogP contribution in [0.2, 0.25) is 0 Å². The zero-order chi connectivity index (χ0) is 14.4. The molecule has 1 unspecified atom stereocenters. The van der Waals surface area contributed by atoms with Gasteiger partial charge in [0.25, 0.3) is 5.91 Å². The van der Waals surface area contributed by atoms with E-state index in [1.165, 1.54) is 6.07 Å². The molecule has 7 heteroatoms. The lowest BCUT2D eigenvalue weighted by Gasteiger charge is -2.13. The topological polar surface area (TPSA) is 122 Å². The van der Waals surface area contributed by atoms with Gasteiger partial charge in [0.1, 0.15) is 11.7 Å². The Kier molecular flexibility index (Phi) is 4.99. The van der Waals surface area contributed by atoms with Crippen LogP contribution < -0.4 is 11.1 Å². The number of nitrogens with zero attached hydrogens (tertiary/aromatic N) is 1. The lowest BCUT2D eigenvalue weighted by Crippen LogP contribution is -2.41. The van der Waals surface area contributed by atoms with Crippen molar-refractivity contribution < 1.29 is 19.5 Å². The van der Waals surface area contributed by atoms with Gasteiger partial charge in [0.2, 0.25) is 5.91 Å². The van der Waals surface area contributed by atoms with Gasteiger partial charge >= 0.3 is 5.97 Å². The van der Waals surface area contributed by atoms with E-state index in [1.807, 2.05) is 0 Å². The molecule has 4 N–H and O–H groups in total. The molecule has 0 saturated heterocycles. The highest BCUT2D eigenvalue weighted by Gasteiger charge is 2.21. The molecule has 0 aliphatic heterocycles. The van der Waals surface area contributed by atoms with E-state index in [9.17, 15) is 14.4 Å². The minimum atomic E-state index is -1.22. The highest BCUT2D eigenvalue weighted by atomic mass is 16.4. The van der Waals surface area contributed by atoms with Gasteiger partial charge in [-0.05, 0) is 25.5 Å². The van der Waals surface area contributed by atoms with Gasteiger partial charge in [-0.1, -0.05) is 6.07 Å².